The molecular weight excluding hydrogens is 312 g/mol. The first-order valence-corrected chi connectivity index (χ1v) is 8.68. The van der Waals surface area contributed by atoms with Gasteiger partial charge in [-0.15, -0.1) is 11.3 Å². The van der Waals surface area contributed by atoms with Gasteiger partial charge in [-0.25, -0.2) is 4.98 Å². The molecule has 1 aliphatic heterocycles. The average Bonchev–Trinajstić information content (AvgIpc) is 3.25. The van der Waals surface area contributed by atoms with Gasteiger partial charge in [-0.3, -0.25) is 4.90 Å². The number of anilines is 1. The highest BCUT2D eigenvalue weighted by Crippen LogP contribution is 2.27. The average molecular weight is 332 g/mol. The Morgan fingerprint density at radius 3 is 2.96 bits per heavy atom. The van der Waals surface area contributed by atoms with Crippen LogP contribution in [0.25, 0.3) is 0 Å². The van der Waals surface area contributed by atoms with Gasteiger partial charge >= 0.3 is 0 Å². The maximum atomic E-state index is 9.19. The second kappa shape index (κ2) is 7.59. The van der Waals surface area contributed by atoms with E-state index < -0.39 is 0 Å². The third-order valence-corrected chi connectivity index (χ3v) is 4.87. The highest BCUT2D eigenvalue weighted by Gasteiger charge is 2.24. The van der Waals surface area contributed by atoms with E-state index in [1.807, 2.05) is 6.92 Å². The summed E-state index contributed by atoms with van der Waals surface area (Å²) in [6, 6.07) is 6.54. The van der Waals surface area contributed by atoms with Gasteiger partial charge in [0.2, 0.25) is 11.6 Å². The number of hydrogen-bond donors (Lipinski definition) is 1. The summed E-state index contributed by atoms with van der Waals surface area (Å²) in [6.07, 6.45) is 0.675. The van der Waals surface area contributed by atoms with Gasteiger partial charge in [-0.2, -0.15) is 5.26 Å². The van der Waals surface area contributed by atoms with Crippen LogP contribution in [0.3, 0.4) is 0 Å². The van der Waals surface area contributed by atoms with Crippen LogP contribution in [0.1, 0.15) is 29.4 Å². The predicted octanol–water partition coefficient (Wildman–Crippen LogP) is 2.66. The molecule has 0 aliphatic carbocycles. The number of rotatable bonds is 6. The molecule has 6 nitrogen and oxygen atoms in total. The Labute approximate surface area is 139 Å². The van der Waals surface area contributed by atoms with Crippen LogP contribution in [0, 0.1) is 11.3 Å². The largest absolute Gasteiger partial charge is 0.424 e. The molecule has 0 saturated carbocycles. The van der Waals surface area contributed by atoms with Crippen LogP contribution in [0.5, 0.6) is 0 Å². The van der Waals surface area contributed by atoms with Crippen molar-refractivity contribution in [2.75, 3.05) is 38.2 Å². The summed E-state index contributed by atoms with van der Waals surface area (Å²) < 4.78 is 11.1. The fourth-order valence-corrected chi connectivity index (χ4v) is 3.54. The smallest absolute Gasteiger partial charge is 0.232 e. The zero-order valence-electron chi connectivity index (χ0n) is 13.1. The lowest BCUT2D eigenvalue weighted by Crippen LogP contribution is -2.41. The van der Waals surface area contributed by atoms with Crippen LogP contribution >= 0.6 is 11.3 Å². The van der Waals surface area contributed by atoms with Crippen LogP contribution < -0.4 is 5.32 Å². The maximum absolute atomic E-state index is 9.19. The summed E-state index contributed by atoms with van der Waals surface area (Å²) in [4.78, 5) is 7.89. The molecule has 0 unspecified atom stereocenters. The topological polar surface area (TPSA) is 74.3 Å². The number of aryl methyl sites for hydroxylation is 1. The molecule has 1 fully saturated rings. The van der Waals surface area contributed by atoms with Crippen LogP contribution in [-0.4, -0.2) is 42.7 Å². The van der Waals surface area contributed by atoms with E-state index in [0.717, 1.165) is 26.3 Å². The summed E-state index contributed by atoms with van der Waals surface area (Å²) in [5.74, 6) is 1.06. The van der Waals surface area contributed by atoms with Crippen molar-refractivity contribution in [1.29, 1.82) is 5.26 Å². The molecule has 1 N–H and O–H groups in total. The van der Waals surface area contributed by atoms with E-state index >= 15 is 0 Å². The molecule has 122 valence electrons. The van der Waals surface area contributed by atoms with E-state index in [-0.39, 0.29) is 6.04 Å². The SMILES string of the molecule is CCc1nc(C#N)c(NC[C@@H](c2cccs2)N2CCOCC2)o1. The van der Waals surface area contributed by atoms with Crippen LogP contribution in [0.4, 0.5) is 5.88 Å². The maximum Gasteiger partial charge on any atom is 0.232 e. The highest BCUT2D eigenvalue weighted by atomic mass is 32.1. The second-order valence-corrected chi connectivity index (χ2v) is 6.29. The normalized spacial score (nSPS) is 16.9. The predicted molar refractivity (Wildman–Crippen MR) is 88.5 cm³/mol. The van der Waals surface area contributed by atoms with E-state index in [0.29, 0.717) is 30.4 Å². The van der Waals surface area contributed by atoms with Crippen molar-refractivity contribution in [3.8, 4) is 6.07 Å². The van der Waals surface area contributed by atoms with Gasteiger partial charge in [0.15, 0.2) is 5.89 Å². The molecule has 7 heteroatoms. The molecule has 23 heavy (non-hydrogen) atoms. The molecule has 1 saturated heterocycles. The van der Waals surface area contributed by atoms with Gasteiger partial charge in [-0.05, 0) is 11.4 Å². The van der Waals surface area contributed by atoms with Gasteiger partial charge in [0.25, 0.3) is 0 Å². The molecule has 0 bridgehead atoms. The van der Waals surface area contributed by atoms with Crippen LogP contribution in [0.2, 0.25) is 0 Å². The van der Waals surface area contributed by atoms with E-state index in [2.05, 4.69) is 38.8 Å². The van der Waals surface area contributed by atoms with Crippen molar-refractivity contribution in [1.82, 2.24) is 9.88 Å². The molecule has 3 rings (SSSR count). The first-order valence-electron chi connectivity index (χ1n) is 7.80. The molecule has 1 aliphatic rings. The van der Waals surface area contributed by atoms with Crippen molar-refractivity contribution in [3.63, 3.8) is 0 Å². The molecule has 3 heterocycles. The first kappa shape index (κ1) is 16.0. The summed E-state index contributed by atoms with van der Waals surface area (Å²) in [5.41, 5.74) is 0.328. The minimum absolute atomic E-state index is 0.237. The number of ether oxygens (including phenoxy) is 1. The number of nitrogens with one attached hydrogen (secondary N) is 1. The molecule has 2 aromatic heterocycles. The number of morpholine rings is 1. The Balaban J connectivity index is 1.74. The Morgan fingerprint density at radius 1 is 1.48 bits per heavy atom. The molecule has 2 aromatic rings. The zero-order valence-corrected chi connectivity index (χ0v) is 13.9. The number of nitriles is 1. The minimum Gasteiger partial charge on any atom is -0.424 e. The van der Waals surface area contributed by atoms with Crippen molar-refractivity contribution < 1.29 is 9.15 Å². The molecule has 0 radical (unpaired) electrons. The fourth-order valence-electron chi connectivity index (χ4n) is 2.68. The third kappa shape index (κ3) is 3.72. The fraction of sp³-hybridized carbons (Fsp3) is 0.500. The van der Waals surface area contributed by atoms with Crippen molar-refractivity contribution in [3.05, 3.63) is 34.0 Å². The monoisotopic (exact) mass is 332 g/mol. The van der Waals surface area contributed by atoms with Gasteiger partial charge < -0.3 is 14.5 Å². The highest BCUT2D eigenvalue weighted by molar-refractivity contribution is 7.10. The molecule has 0 amide bonds. The Kier molecular flexibility index (Phi) is 5.28. The second-order valence-electron chi connectivity index (χ2n) is 5.31. The van der Waals surface area contributed by atoms with E-state index in [1.54, 1.807) is 11.3 Å². The van der Waals surface area contributed by atoms with Crippen molar-refractivity contribution in [2.24, 2.45) is 0 Å². The Bertz CT molecular complexity index is 656. The number of oxazole rings is 1. The molecule has 0 aromatic carbocycles. The number of hydrogen-bond acceptors (Lipinski definition) is 7. The number of thiophene rings is 1. The van der Waals surface area contributed by atoms with E-state index in [1.165, 1.54) is 4.88 Å². The van der Waals surface area contributed by atoms with Crippen LogP contribution in [-0.2, 0) is 11.2 Å². The van der Waals surface area contributed by atoms with E-state index in [9.17, 15) is 5.26 Å². The van der Waals surface area contributed by atoms with Crippen molar-refractivity contribution >= 4 is 17.2 Å². The first-order chi connectivity index (χ1) is 11.3. The lowest BCUT2D eigenvalue weighted by atomic mass is 10.2. The van der Waals surface area contributed by atoms with E-state index in [4.69, 9.17) is 9.15 Å². The van der Waals surface area contributed by atoms with Gasteiger partial charge in [0, 0.05) is 30.9 Å². The molecule has 1 atom stereocenters. The number of aromatic nitrogens is 1. The zero-order chi connectivity index (χ0) is 16.1. The Morgan fingerprint density at radius 2 is 2.30 bits per heavy atom. The third-order valence-electron chi connectivity index (χ3n) is 3.89. The van der Waals surface area contributed by atoms with Crippen molar-refractivity contribution in [2.45, 2.75) is 19.4 Å². The summed E-state index contributed by atoms with van der Waals surface area (Å²) in [5, 5.41) is 14.6. The lowest BCUT2D eigenvalue weighted by Gasteiger charge is -2.34. The minimum atomic E-state index is 0.237. The standard InChI is InChI=1S/C16H20N4O2S/c1-2-15-19-12(10-17)16(22-15)18-11-13(14-4-3-9-23-14)20-5-7-21-8-6-20/h3-4,9,13,18H,2,5-8,11H2,1H3/t13-/m0/s1. The summed E-state index contributed by atoms with van der Waals surface area (Å²) in [6.45, 7) is 5.96. The Hall–Kier alpha value is -1.88. The molecular formula is C16H20N4O2S. The summed E-state index contributed by atoms with van der Waals surface area (Å²) >= 11 is 1.75. The quantitative estimate of drug-likeness (QED) is 0.876. The van der Waals surface area contributed by atoms with Gasteiger partial charge in [0.1, 0.15) is 6.07 Å². The van der Waals surface area contributed by atoms with Gasteiger partial charge in [0.05, 0.1) is 19.3 Å². The number of nitrogens with zero attached hydrogens (tertiary/aromatic N) is 3. The molecule has 0 spiro atoms. The van der Waals surface area contributed by atoms with Crippen LogP contribution in [0.15, 0.2) is 21.9 Å². The lowest BCUT2D eigenvalue weighted by molar-refractivity contribution is 0.0193. The van der Waals surface area contributed by atoms with Gasteiger partial charge in [-0.1, -0.05) is 13.0 Å². The summed E-state index contributed by atoms with van der Waals surface area (Å²) in [7, 11) is 0.